The molecule has 3 rings (SSSR count). The van der Waals surface area contributed by atoms with E-state index >= 15 is 0 Å². The number of halogens is 1. The van der Waals surface area contributed by atoms with Crippen LogP contribution in [0.2, 0.25) is 0 Å². The SMILES string of the molecule is CCC(CC)C(CNC(=O)Cc1csc(-c2cc(Br)cs2)n1)N1CCOCC1. The lowest BCUT2D eigenvalue weighted by Crippen LogP contribution is -2.52. The summed E-state index contributed by atoms with van der Waals surface area (Å²) >= 11 is 6.73. The summed E-state index contributed by atoms with van der Waals surface area (Å²) < 4.78 is 6.57. The largest absolute Gasteiger partial charge is 0.379 e. The van der Waals surface area contributed by atoms with Gasteiger partial charge in [-0.2, -0.15) is 0 Å². The molecule has 2 aromatic heterocycles. The number of carbonyl (C=O) groups is 1. The van der Waals surface area contributed by atoms with Gasteiger partial charge in [-0.05, 0) is 27.9 Å². The second-order valence-electron chi connectivity index (χ2n) is 7.05. The van der Waals surface area contributed by atoms with Gasteiger partial charge in [0.2, 0.25) is 5.91 Å². The fourth-order valence-electron chi connectivity index (χ4n) is 3.71. The van der Waals surface area contributed by atoms with Crippen LogP contribution in [0.15, 0.2) is 21.3 Å². The quantitative estimate of drug-likeness (QED) is 0.570. The van der Waals surface area contributed by atoms with Gasteiger partial charge >= 0.3 is 0 Å². The molecule has 3 heterocycles. The molecule has 28 heavy (non-hydrogen) atoms. The van der Waals surface area contributed by atoms with Crippen LogP contribution >= 0.6 is 38.6 Å². The van der Waals surface area contributed by atoms with E-state index in [2.05, 4.69) is 51.0 Å². The zero-order chi connectivity index (χ0) is 19.9. The molecule has 0 spiro atoms. The smallest absolute Gasteiger partial charge is 0.226 e. The highest BCUT2D eigenvalue weighted by Crippen LogP contribution is 2.32. The van der Waals surface area contributed by atoms with E-state index in [0.29, 0.717) is 24.9 Å². The van der Waals surface area contributed by atoms with Crippen molar-refractivity contribution in [1.29, 1.82) is 0 Å². The minimum Gasteiger partial charge on any atom is -0.379 e. The van der Waals surface area contributed by atoms with Crippen molar-refractivity contribution in [2.24, 2.45) is 5.92 Å². The number of amides is 1. The van der Waals surface area contributed by atoms with Crippen LogP contribution in [0.25, 0.3) is 9.88 Å². The van der Waals surface area contributed by atoms with Crippen LogP contribution < -0.4 is 5.32 Å². The molecule has 1 fully saturated rings. The van der Waals surface area contributed by atoms with E-state index in [4.69, 9.17) is 4.74 Å². The third-order valence-electron chi connectivity index (χ3n) is 5.29. The van der Waals surface area contributed by atoms with Crippen molar-refractivity contribution in [1.82, 2.24) is 15.2 Å². The van der Waals surface area contributed by atoms with Crippen LogP contribution in [0.5, 0.6) is 0 Å². The molecule has 0 aromatic carbocycles. The first-order chi connectivity index (χ1) is 13.6. The standard InChI is InChI=1S/C20H28BrN3O2S2/c1-3-14(4-2)17(24-5-7-26-8-6-24)11-22-19(25)10-16-13-28-20(23-16)18-9-15(21)12-27-18/h9,12-14,17H,3-8,10-11H2,1-2H3,(H,22,25). The number of hydrogen-bond donors (Lipinski definition) is 1. The van der Waals surface area contributed by atoms with Gasteiger partial charge in [0, 0.05) is 40.9 Å². The van der Waals surface area contributed by atoms with Crippen LogP contribution in [0.1, 0.15) is 32.4 Å². The zero-order valence-corrected chi connectivity index (χ0v) is 19.7. The molecule has 0 bridgehead atoms. The van der Waals surface area contributed by atoms with Crippen molar-refractivity contribution in [3.05, 3.63) is 27.0 Å². The van der Waals surface area contributed by atoms with Crippen LogP contribution in [0.3, 0.4) is 0 Å². The molecule has 1 N–H and O–H groups in total. The van der Waals surface area contributed by atoms with Crippen molar-refractivity contribution in [2.75, 3.05) is 32.8 Å². The summed E-state index contributed by atoms with van der Waals surface area (Å²) in [5, 5.41) is 8.18. The fraction of sp³-hybridized carbons (Fsp3) is 0.600. The van der Waals surface area contributed by atoms with Gasteiger partial charge < -0.3 is 10.1 Å². The Hall–Kier alpha value is -0.800. The third-order valence-corrected chi connectivity index (χ3v) is 8.04. The third kappa shape index (κ3) is 5.86. The molecule has 1 unspecified atom stereocenters. The summed E-state index contributed by atoms with van der Waals surface area (Å²) in [5.74, 6) is 0.634. The lowest BCUT2D eigenvalue weighted by atomic mass is 9.92. The van der Waals surface area contributed by atoms with E-state index in [0.717, 1.165) is 59.2 Å². The second-order valence-corrected chi connectivity index (χ2v) is 9.73. The van der Waals surface area contributed by atoms with E-state index in [9.17, 15) is 4.79 Å². The first kappa shape index (κ1) is 21.9. The van der Waals surface area contributed by atoms with Gasteiger partial charge in [-0.25, -0.2) is 4.98 Å². The Labute approximate surface area is 183 Å². The lowest BCUT2D eigenvalue weighted by molar-refractivity contribution is -0.121. The first-order valence-electron chi connectivity index (χ1n) is 9.88. The maximum absolute atomic E-state index is 12.6. The first-order valence-corrected chi connectivity index (χ1v) is 12.4. The van der Waals surface area contributed by atoms with Gasteiger partial charge in [0.15, 0.2) is 0 Å². The summed E-state index contributed by atoms with van der Waals surface area (Å²) in [6, 6.07) is 2.44. The number of rotatable bonds is 9. The maximum Gasteiger partial charge on any atom is 0.226 e. The Kier molecular flexibility index (Phi) is 8.47. The highest BCUT2D eigenvalue weighted by Gasteiger charge is 2.27. The van der Waals surface area contributed by atoms with E-state index in [-0.39, 0.29) is 5.91 Å². The summed E-state index contributed by atoms with van der Waals surface area (Å²) in [7, 11) is 0. The van der Waals surface area contributed by atoms with Gasteiger partial charge in [0.05, 0.1) is 30.2 Å². The molecule has 1 atom stereocenters. The second kappa shape index (κ2) is 10.8. The molecular formula is C20H28BrN3O2S2. The van der Waals surface area contributed by atoms with E-state index < -0.39 is 0 Å². The normalized spacial score (nSPS) is 16.4. The molecule has 2 aromatic rings. The minimum absolute atomic E-state index is 0.0495. The minimum atomic E-state index is 0.0495. The molecule has 1 saturated heterocycles. The summed E-state index contributed by atoms with van der Waals surface area (Å²) in [6.45, 7) is 8.63. The molecule has 154 valence electrons. The number of carbonyl (C=O) groups excluding carboxylic acids is 1. The van der Waals surface area contributed by atoms with E-state index in [1.54, 1.807) is 22.7 Å². The Morgan fingerprint density at radius 2 is 2.04 bits per heavy atom. The van der Waals surface area contributed by atoms with Crippen LogP contribution in [-0.4, -0.2) is 54.7 Å². The monoisotopic (exact) mass is 485 g/mol. The molecule has 5 nitrogen and oxygen atoms in total. The van der Waals surface area contributed by atoms with Gasteiger partial charge in [-0.3, -0.25) is 9.69 Å². The van der Waals surface area contributed by atoms with E-state index in [1.165, 1.54) is 0 Å². The average Bonchev–Trinajstić information content (AvgIpc) is 3.34. The predicted molar refractivity (Wildman–Crippen MR) is 120 cm³/mol. The maximum atomic E-state index is 12.6. The molecular weight excluding hydrogens is 458 g/mol. The number of hydrogen-bond acceptors (Lipinski definition) is 6. The van der Waals surface area contributed by atoms with Gasteiger partial charge in [0.1, 0.15) is 5.01 Å². The summed E-state index contributed by atoms with van der Waals surface area (Å²) in [5.41, 5.74) is 0.840. The number of nitrogens with zero attached hydrogens (tertiary/aromatic N) is 2. The molecule has 1 aliphatic heterocycles. The van der Waals surface area contributed by atoms with Crippen molar-refractivity contribution in [3.8, 4) is 9.88 Å². The lowest BCUT2D eigenvalue weighted by Gasteiger charge is -2.38. The number of thiazole rings is 1. The summed E-state index contributed by atoms with van der Waals surface area (Å²) in [4.78, 5) is 20.8. The van der Waals surface area contributed by atoms with Crippen molar-refractivity contribution in [2.45, 2.75) is 39.2 Å². The molecule has 1 aliphatic rings. The Morgan fingerprint density at radius 1 is 1.29 bits per heavy atom. The van der Waals surface area contributed by atoms with Gasteiger partial charge in [-0.1, -0.05) is 26.7 Å². The topological polar surface area (TPSA) is 54.5 Å². The Balaban J connectivity index is 1.56. The molecule has 0 radical (unpaired) electrons. The predicted octanol–water partition coefficient (Wildman–Crippen LogP) is 4.43. The highest BCUT2D eigenvalue weighted by molar-refractivity contribution is 9.10. The van der Waals surface area contributed by atoms with Crippen molar-refractivity contribution >= 4 is 44.5 Å². The molecule has 1 amide bonds. The van der Waals surface area contributed by atoms with Crippen LogP contribution in [-0.2, 0) is 16.0 Å². The van der Waals surface area contributed by atoms with E-state index in [1.807, 2.05) is 10.8 Å². The number of aromatic nitrogens is 1. The number of ether oxygens (including phenoxy) is 1. The molecule has 8 heteroatoms. The van der Waals surface area contributed by atoms with Crippen LogP contribution in [0.4, 0.5) is 0 Å². The zero-order valence-electron chi connectivity index (χ0n) is 16.4. The summed E-state index contributed by atoms with van der Waals surface area (Å²) in [6.07, 6.45) is 2.59. The molecule has 0 saturated carbocycles. The highest BCUT2D eigenvalue weighted by atomic mass is 79.9. The average molecular weight is 487 g/mol. The number of morpholine rings is 1. The van der Waals surface area contributed by atoms with Gasteiger partial charge in [-0.15, -0.1) is 22.7 Å². The number of thiophene rings is 1. The fourth-order valence-corrected chi connectivity index (χ4v) is 6.04. The Bertz CT molecular complexity index is 754. The number of nitrogens with one attached hydrogen (secondary N) is 1. The van der Waals surface area contributed by atoms with Crippen molar-refractivity contribution < 1.29 is 9.53 Å². The van der Waals surface area contributed by atoms with Crippen molar-refractivity contribution in [3.63, 3.8) is 0 Å². The van der Waals surface area contributed by atoms with Crippen LogP contribution in [0, 0.1) is 5.92 Å². The van der Waals surface area contributed by atoms with Gasteiger partial charge in [0.25, 0.3) is 0 Å². The molecule has 0 aliphatic carbocycles. The Morgan fingerprint density at radius 3 is 2.68 bits per heavy atom.